The van der Waals surface area contributed by atoms with Gasteiger partial charge in [-0.1, -0.05) is 19.8 Å². The van der Waals surface area contributed by atoms with Gasteiger partial charge >= 0.3 is 5.97 Å². The molecule has 1 aliphatic carbocycles. The van der Waals surface area contributed by atoms with Crippen molar-refractivity contribution < 1.29 is 18.3 Å². The highest BCUT2D eigenvalue weighted by Crippen LogP contribution is 2.34. The number of nitrogens with one attached hydrogen (secondary N) is 1. The molecule has 0 aromatic rings. The second-order valence-electron chi connectivity index (χ2n) is 5.87. The number of piperidine rings is 1. The fourth-order valence-electron chi connectivity index (χ4n) is 2.77. The Hall–Kier alpha value is -0.660. The third-order valence-corrected chi connectivity index (χ3v) is 5.86. The summed E-state index contributed by atoms with van der Waals surface area (Å²) in [5.74, 6) is -0.412. The number of carboxylic acids is 1. The molecule has 2 aliphatic rings. The lowest BCUT2D eigenvalue weighted by atomic mass is 10.1. The Morgan fingerprint density at radius 2 is 2.05 bits per heavy atom. The first-order valence-corrected chi connectivity index (χ1v) is 8.90. The molecule has 2 atom stereocenters. The van der Waals surface area contributed by atoms with E-state index in [1.807, 2.05) is 6.92 Å². The highest BCUT2D eigenvalue weighted by atomic mass is 32.2. The first-order valence-electron chi connectivity index (χ1n) is 7.46. The molecule has 2 rings (SSSR count). The minimum atomic E-state index is -3.70. The monoisotopic (exact) mass is 304 g/mol. The molecule has 2 N–H and O–H groups in total. The summed E-state index contributed by atoms with van der Waals surface area (Å²) >= 11 is 0. The van der Waals surface area contributed by atoms with Crippen molar-refractivity contribution in [3.63, 3.8) is 0 Å². The minimum absolute atomic E-state index is 0.0797. The number of nitrogens with zero attached hydrogens (tertiary/aromatic N) is 1. The van der Waals surface area contributed by atoms with Crippen molar-refractivity contribution in [3.05, 3.63) is 0 Å². The van der Waals surface area contributed by atoms with Crippen LogP contribution in [0.1, 0.15) is 51.9 Å². The van der Waals surface area contributed by atoms with Gasteiger partial charge < -0.3 is 5.11 Å². The Bertz CT molecular complexity index is 447. The maximum Gasteiger partial charge on any atom is 0.322 e. The van der Waals surface area contributed by atoms with Gasteiger partial charge in [-0.05, 0) is 38.0 Å². The van der Waals surface area contributed by atoms with Crippen molar-refractivity contribution in [2.24, 2.45) is 5.92 Å². The summed E-state index contributed by atoms with van der Waals surface area (Å²) in [6.07, 6.45) is 5.85. The zero-order valence-corrected chi connectivity index (χ0v) is 12.7. The summed E-state index contributed by atoms with van der Waals surface area (Å²) in [4.78, 5) is 11.2. The average Bonchev–Trinajstić information content (AvgIpc) is 3.21. The molecule has 1 saturated carbocycles. The number of rotatable bonds is 7. The predicted molar refractivity (Wildman–Crippen MR) is 75.5 cm³/mol. The Morgan fingerprint density at radius 1 is 1.35 bits per heavy atom. The van der Waals surface area contributed by atoms with Gasteiger partial charge in [0.2, 0.25) is 0 Å². The minimum Gasteiger partial charge on any atom is -0.480 e. The highest BCUT2D eigenvalue weighted by molar-refractivity contribution is 7.87. The topological polar surface area (TPSA) is 86.7 Å². The summed E-state index contributed by atoms with van der Waals surface area (Å²) in [6.45, 7) is 2.26. The summed E-state index contributed by atoms with van der Waals surface area (Å²) in [5, 5.41) is 9.18. The van der Waals surface area contributed by atoms with E-state index in [-0.39, 0.29) is 6.04 Å². The van der Waals surface area contributed by atoms with Crippen LogP contribution >= 0.6 is 0 Å². The molecule has 1 aliphatic heterocycles. The molecule has 2 unspecified atom stereocenters. The van der Waals surface area contributed by atoms with Crippen LogP contribution in [0.3, 0.4) is 0 Å². The molecule has 0 bridgehead atoms. The second-order valence-corrected chi connectivity index (χ2v) is 7.52. The van der Waals surface area contributed by atoms with Crippen LogP contribution in [0.5, 0.6) is 0 Å². The maximum atomic E-state index is 12.4. The van der Waals surface area contributed by atoms with E-state index in [1.165, 1.54) is 12.8 Å². The van der Waals surface area contributed by atoms with Crippen LogP contribution in [-0.4, -0.2) is 42.4 Å². The lowest BCUT2D eigenvalue weighted by Crippen LogP contribution is -2.54. The molecule has 1 heterocycles. The molecule has 6 nitrogen and oxygen atoms in total. The zero-order valence-electron chi connectivity index (χ0n) is 11.9. The summed E-state index contributed by atoms with van der Waals surface area (Å²) in [5.41, 5.74) is 0. The molecule has 20 heavy (non-hydrogen) atoms. The lowest BCUT2D eigenvalue weighted by molar-refractivity contribution is -0.142. The van der Waals surface area contributed by atoms with E-state index in [4.69, 9.17) is 0 Å². The van der Waals surface area contributed by atoms with Crippen molar-refractivity contribution in [2.45, 2.75) is 64.0 Å². The number of carbonyl (C=O) groups is 1. The van der Waals surface area contributed by atoms with Crippen molar-refractivity contribution in [1.29, 1.82) is 0 Å². The Kier molecular flexibility index (Phi) is 5.04. The Balaban J connectivity index is 2.04. The van der Waals surface area contributed by atoms with Crippen LogP contribution in [0.25, 0.3) is 0 Å². The van der Waals surface area contributed by atoms with Crippen LogP contribution < -0.4 is 4.72 Å². The normalized spacial score (nSPS) is 26.4. The van der Waals surface area contributed by atoms with Gasteiger partial charge in [0.15, 0.2) is 0 Å². The Labute approximate surface area is 120 Å². The van der Waals surface area contributed by atoms with E-state index in [0.717, 1.165) is 30.0 Å². The van der Waals surface area contributed by atoms with E-state index >= 15 is 0 Å². The van der Waals surface area contributed by atoms with Crippen molar-refractivity contribution >= 4 is 16.2 Å². The fraction of sp³-hybridized carbons (Fsp3) is 0.923. The molecule has 1 saturated heterocycles. The molecular formula is C13H24N2O4S. The first kappa shape index (κ1) is 15.7. The fourth-order valence-corrected chi connectivity index (χ4v) is 4.49. The van der Waals surface area contributed by atoms with E-state index in [0.29, 0.717) is 18.9 Å². The summed E-state index contributed by atoms with van der Waals surface area (Å²) < 4.78 is 28.7. The van der Waals surface area contributed by atoms with Gasteiger partial charge in [-0.2, -0.15) is 17.4 Å². The van der Waals surface area contributed by atoms with Crippen LogP contribution in [0.4, 0.5) is 0 Å². The number of carboxylic acid groups (broad SMARTS) is 1. The van der Waals surface area contributed by atoms with E-state index in [2.05, 4.69) is 4.72 Å². The van der Waals surface area contributed by atoms with Crippen molar-refractivity contribution in [3.8, 4) is 0 Å². The molecule has 0 aromatic heterocycles. The van der Waals surface area contributed by atoms with Gasteiger partial charge in [-0.3, -0.25) is 4.79 Å². The largest absolute Gasteiger partial charge is 0.480 e. The SMILES string of the molecule is CCC(CC1CC1)NS(=O)(=O)N1CCCCC1C(=O)O. The number of hydrogen-bond acceptors (Lipinski definition) is 3. The molecule has 0 amide bonds. The molecular weight excluding hydrogens is 280 g/mol. The Morgan fingerprint density at radius 3 is 2.60 bits per heavy atom. The lowest BCUT2D eigenvalue weighted by Gasteiger charge is -2.33. The van der Waals surface area contributed by atoms with Gasteiger partial charge in [0.1, 0.15) is 6.04 Å². The van der Waals surface area contributed by atoms with Crippen molar-refractivity contribution in [2.75, 3.05) is 6.54 Å². The van der Waals surface area contributed by atoms with Gasteiger partial charge in [-0.15, -0.1) is 0 Å². The van der Waals surface area contributed by atoms with Crippen LogP contribution in [0.2, 0.25) is 0 Å². The molecule has 2 fully saturated rings. The molecule has 0 aromatic carbocycles. The second kappa shape index (κ2) is 6.41. The van der Waals surface area contributed by atoms with Crippen molar-refractivity contribution in [1.82, 2.24) is 9.03 Å². The predicted octanol–water partition coefficient (Wildman–Crippen LogP) is 1.34. The van der Waals surface area contributed by atoms with Crippen LogP contribution in [0, 0.1) is 5.92 Å². The highest BCUT2D eigenvalue weighted by Gasteiger charge is 2.38. The maximum absolute atomic E-state index is 12.4. The van der Waals surface area contributed by atoms with Gasteiger partial charge in [0.05, 0.1) is 0 Å². The third kappa shape index (κ3) is 3.93. The molecule has 0 spiro atoms. The molecule has 0 radical (unpaired) electrons. The van der Waals surface area contributed by atoms with Gasteiger partial charge in [0, 0.05) is 12.6 Å². The standard InChI is InChI=1S/C13H24N2O4S/c1-2-11(9-10-6-7-10)14-20(18,19)15-8-4-3-5-12(15)13(16)17/h10-12,14H,2-9H2,1H3,(H,16,17). The summed E-state index contributed by atoms with van der Waals surface area (Å²) in [7, 11) is -3.70. The van der Waals surface area contributed by atoms with E-state index in [9.17, 15) is 18.3 Å². The molecule has 7 heteroatoms. The smallest absolute Gasteiger partial charge is 0.322 e. The van der Waals surface area contributed by atoms with E-state index in [1.54, 1.807) is 0 Å². The van der Waals surface area contributed by atoms with E-state index < -0.39 is 22.2 Å². The first-order chi connectivity index (χ1) is 9.44. The number of aliphatic carboxylic acids is 1. The number of hydrogen-bond donors (Lipinski definition) is 2. The zero-order chi connectivity index (χ0) is 14.8. The van der Waals surface area contributed by atoms with Crippen LogP contribution in [-0.2, 0) is 15.0 Å². The third-order valence-electron chi connectivity index (χ3n) is 4.17. The van der Waals surface area contributed by atoms with Crippen LogP contribution in [0.15, 0.2) is 0 Å². The molecule has 116 valence electrons. The average molecular weight is 304 g/mol. The summed E-state index contributed by atoms with van der Waals surface area (Å²) in [6, 6.07) is -0.997. The van der Waals surface area contributed by atoms with Gasteiger partial charge in [-0.25, -0.2) is 0 Å². The van der Waals surface area contributed by atoms with Gasteiger partial charge in [0.25, 0.3) is 10.2 Å². The quantitative estimate of drug-likeness (QED) is 0.743.